The monoisotopic (exact) mass is 390 g/mol. The molecule has 5 nitrogen and oxygen atoms in total. The molecule has 0 amide bonds. The molecule has 1 aromatic heterocycles. The van der Waals surface area contributed by atoms with Crippen molar-refractivity contribution in [2.24, 2.45) is 0 Å². The summed E-state index contributed by atoms with van der Waals surface area (Å²) in [6.45, 7) is 1.93. The van der Waals surface area contributed by atoms with Gasteiger partial charge in [0, 0.05) is 17.4 Å². The van der Waals surface area contributed by atoms with Gasteiger partial charge >= 0.3 is 12.1 Å². The SMILES string of the molecule is CCOC(=O)c1ccc(-n2cc(C(F)(F)F)nc2-c2ccc(OC)cc2)cc1. The number of imidazole rings is 1. The molecule has 0 N–H and O–H groups in total. The van der Waals surface area contributed by atoms with Crippen LogP contribution in [0.4, 0.5) is 13.2 Å². The summed E-state index contributed by atoms with van der Waals surface area (Å²) < 4.78 is 51.0. The zero-order chi connectivity index (χ0) is 20.3. The second kappa shape index (κ2) is 7.75. The molecule has 0 aliphatic rings. The predicted molar refractivity (Wildman–Crippen MR) is 96.5 cm³/mol. The predicted octanol–water partition coefficient (Wildman–Crippen LogP) is 4.74. The van der Waals surface area contributed by atoms with Crippen LogP contribution in [0.25, 0.3) is 17.1 Å². The van der Waals surface area contributed by atoms with Gasteiger partial charge in [-0.25, -0.2) is 9.78 Å². The van der Waals surface area contributed by atoms with Gasteiger partial charge in [0.2, 0.25) is 0 Å². The lowest BCUT2D eigenvalue weighted by molar-refractivity contribution is -0.140. The highest BCUT2D eigenvalue weighted by molar-refractivity contribution is 5.89. The number of nitrogens with zero attached hydrogens (tertiary/aromatic N) is 2. The number of rotatable bonds is 5. The molecule has 28 heavy (non-hydrogen) atoms. The minimum Gasteiger partial charge on any atom is -0.497 e. The van der Waals surface area contributed by atoms with Gasteiger partial charge in [-0.1, -0.05) is 0 Å². The van der Waals surface area contributed by atoms with Crippen LogP contribution in [0.3, 0.4) is 0 Å². The Bertz CT molecular complexity index is 962. The number of halogens is 3. The molecule has 0 unspecified atom stereocenters. The highest BCUT2D eigenvalue weighted by atomic mass is 19.4. The summed E-state index contributed by atoms with van der Waals surface area (Å²) in [5.74, 6) is 0.210. The van der Waals surface area contributed by atoms with Gasteiger partial charge in [0.05, 0.1) is 19.3 Å². The Hall–Kier alpha value is -3.29. The van der Waals surface area contributed by atoms with Crippen LogP contribution in [0.1, 0.15) is 23.0 Å². The van der Waals surface area contributed by atoms with E-state index in [9.17, 15) is 18.0 Å². The van der Waals surface area contributed by atoms with E-state index in [1.165, 1.54) is 23.8 Å². The fourth-order valence-corrected chi connectivity index (χ4v) is 2.63. The van der Waals surface area contributed by atoms with Gasteiger partial charge in [0.25, 0.3) is 0 Å². The molecular formula is C20H17F3N2O3. The van der Waals surface area contributed by atoms with E-state index >= 15 is 0 Å². The Morgan fingerprint density at radius 3 is 2.25 bits per heavy atom. The summed E-state index contributed by atoms with van der Waals surface area (Å²) in [6, 6.07) is 12.6. The number of carbonyl (C=O) groups excluding carboxylic acids is 1. The van der Waals surface area contributed by atoms with Gasteiger partial charge in [0.1, 0.15) is 11.6 Å². The average Bonchev–Trinajstić information content (AvgIpc) is 3.14. The summed E-state index contributed by atoms with van der Waals surface area (Å²) in [7, 11) is 1.50. The number of hydrogen-bond donors (Lipinski definition) is 0. The first-order valence-corrected chi connectivity index (χ1v) is 8.42. The van der Waals surface area contributed by atoms with Crippen LogP contribution in [-0.4, -0.2) is 29.2 Å². The number of aromatic nitrogens is 2. The Kier molecular flexibility index (Phi) is 5.39. The summed E-state index contributed by atoms with van der Waals surface area (Å²) in [5.41, 5.74) is 0.230. The van der Waals surface area contributed by atoms with Crippen molar-refractivity contribution in [2.75, 3.05) is 13.7 Å². The molecule has 0 aliphatic carbocycles. The molecule has 3 aromatic rings. The molecule has 0 saturated heterocycles. The largest absolute Gasteiger partial charge is 0.497 e. The molecule has 146 valence electrons. The van der Waals surface area contributed by atoms with Crippen molar-refractivity contribution in [3.8, 4) is 22.8 Å². The van der Waals surface area contributed by atoms with Crippen LogP contribution in [0, 0.1) is 0 Å². The first kappa shape index (κ1) is 19.5. The first-order valence-electron chi connectivity index (χ1n) is 8.42. The topological polar surface area (TPSA) is 53.4 Å². The lowest BCUT2D eigenvalue weighted by atomic mass is 10.2. The molecule has 0 bridgehead atoms. The van der Waals surface area contributed by atoms with Crippen LogP contribution in [-0.2, 0) is 10.9 Å². The quantitative estimate of drug-likeness (QED) is 0.591. The van der Waals surface area contributed by atoms with E-state index < -0.39 is 17.8 Å². The lowest BCUT2D eigenvalue weighted by Crippen LogP contribution is -2.05. The minimum atomic E-state index is -4.59. The maximum absolute atomic E-state index is 13.2. The molecule has 8 heteroatoms. The third-order valence-corrected chi connectivity index (χ3v) is 4.00. The zero-order valence-electron chi connectivity index (χ0n) is 15.2. The van der Waals surface area contributed by atoms with E-state index in [2.05, 4.69) is 4.98 Å². The number of carbonyl (C=O) groups is 1. The molecule has 0 spiro atoms. The molecule has 0 atom stereocenters. The Morgan fingerprint density at radius 2 is 1.71 bits per heavy atom. The van der Waals surface area contributed by atoms with Gasteiger partial charge in [-0.2, -0.15) is 13.2 Å². The van der Waals surface area contributed by atoms with E-state index in [1.807, 2.05) is 0 Å². The second-order valence-electron chi connectivity index (χ2n) is 5.81. The van der Waals surface area contributed by atoms with Gasteiger partial charge in [0.15, 0.2) is 5.69 Å². The van der Waals surface area contributed by atoms with Gasteiger partial charge < -0.3 is 9.47 Å². The van der Waals surface area contributed by atoms with Gasteiger partial charge in [-0.3, -0.25) is 4.57 Å². The van der Waals surface area contributed by atoms with Crippen molar-refractivity contribution in [1.82, 2.24) is 9.55 Å². The van der Waals surface area contributed by atoms with Crippen molar-refractivity contribution < 1.29 is 27.4 Å². The summed E-state index contributed by atoms with van der Waals surface area (Å²) in [4.78, 5) is 15.6. The van der Waals surface area contributed by atoms with Crippen LogP contribution in [0.2, 0.25) is 0 Å². The van der Waals surface area contributed by atoms with Crippen LogP contribution in [0.15, 0.2) is 54.7 Å². The fourth-order valence-electron chi connectivity index (χ4n) is 2.63. The smallest absolute Gasteiger partial charge is 0.434 e. The van der Waals surface area contributed by atoms with Crippen LogP contribution in [0.5, 0.6) is 5.75 Å². The maximum Gasteiger partial charge on any atom is 0.434 e. The number of esters is 1. The molecule has 1 heterocycles. The molecular weight excluding hydrogens is 373 g/mol. The number of benzene rings is 2. The maximum atomic E-state index is 13.2. The number of ether oxygens (including phenoxy) is 2. The summed E-state index contributed by atoms with van der Waals surface area (Å²) in [6.07, 6.45) is -3.66. The van der Waals surface area contributed by atoms with Crippen molar-refractivity contribution in [1.29, 1.82) is 0 Å². The van der Waals surface area contributed by atoms with Crippen LogP contribution >= 0.6 is 0 Å². The van der Waals surface area contributed by atoms with Gasteiger partial charge in [-0.05, 0) is 55.5 Å². The highest BCUT2D eigenvalue weighted by Crippen LogP contribution is 2.33. The molecule has 3 rings (SSSR count). The van der Waals surface area contributed by atoms with E-state index in [-0.39, 0.29) is 12.4 Å². The number of alkyl halides is 3. The third kappa shape index (κ3) is 4.00. The number of hydrogen-bond acceptors (Lipinski definition) is 4. The van der Waals surface area contributed by atoms with Crippen molar-refractivity contribution in [3.63, 3.8) is 0 Å². The normalized spacial score (nSPS) is 11.3. The van der Waals surface area contributed by atoms with E-state index in [4.69, 9.17) is 9.47 Å². The van der Waals surface area contributed by atoms with Crippen molar-refractivity contribution in [3.05, 3.63) is 66.0 Å². The number of methoxy groups -OCH3 is 1. The summed E-state index contributed by atoms with van der Waals surface area (Å²) >= 11 is 0. The molecule has 0 aliphatic heterocycles. The van der Waals surface area contributed by atoms with Crippen molar-refractivity contribution >= 4 is 5.97 Å². The molecule has 2 aromatic carbocycles. The van der Waals surface area contributed by atoms with E-state index in [0.717, 1.165) is 6.20 Å². The zero-order valence-corrected chi connectivity index (χ0v) is 15.2. The molecule has 0 radical (unpaired) electrons. The Morgan fingerprint density at radius 1 is 1.07 bits per heavy atom. The molecule has 0 fully saturated rings. The van der Waals surface area contributed by atoms with E-state index in [0.29, 0.717) is 22.6 Å². The standard InChI is InChI=1S/C20H17F3N2O3/c1-3-28-19(26)14-4-8-15(9-5-14)25-12-17(20(21,22)23)24-18(25)13-6-10-16(27-2)11-7-13/h4-12H,3H2,1-2H3. The Labute approximate surface area is 159 Å². The third-order valence-electron chi connectivity index (χ3n) is 4.00. The van der Waals surface area contributed by atoms with Crippen molar-refractivity contribution in [2.45, 2.75) is 13.1 Å². The minimum absolute atomic E-state index is 0.124. The lowest BCUT2D eigenvalue weighted by Gasteiger charge is -2.09. The fraction of sp³-hybridized carbons (Fsp3) is 0.200. The molecule has 0 saturated carbocycles. The van der Waals surface area contributed by atoms with Crippen LogP contribution < -0.4 is 4.74 Å². The Balaban J connectivity index is 2.06. The van der Waals surface area contributed by atoms with E-state index in [1.54, 1.807) is 43.3 Å². The average molecular weight is 390 g/mol. The first-order chi connectivity index (χ1) is 13.3. The second-order valence-corrected chi connectivity index (χ2v) is 5.81. The van der Waals surface area contributed by atoms with Gasteiger partial charge in [-0.15, -0.1) is 0 Å². The highest BCUT2D eigenvalue weighted by Gasteiger charge is 2.35. The summed E-state index contributed by atoms with van der Waals surface area (Å²) in [5, 5.41) is 0.